The highest BCUT2D eigenvalue weighted by Crippen LogP contribution is 2.21. The van der Waals surface area contributed by atoms with Gasteiger partial charge >= 0.3 is 6.01 Å². The smallest absolute Gasteiger partial charge is 0.316 e. The molecule has 1 unspecified atom stereocenters. The minimum atomic E-state index is -3.41. The Morgan fingerprint density at radius 1 is 1.12 bits per heavy atom. The van der Waals surface area contributed by atoms with E-state index < -0.39 is 10.0 Å². The van der Waals surface area contributed by atoms with Crippen molar-refractivity contribution in [3.05, 3.63) is 52.3 Å². The van der Waals surface area contributed by atoms with Crippen LogP contribution in [0, 0.1) is 0 Å². The van der Waals surface area contributed by atoms with Crippen LogP contribution in [-0.2, 0) is 15.8 Å². The highest BCUT2D eigenvalue weighted by atomic mass is 35.5. The predicted molar refractivity (Wildman–Crippen MR) is 91.7 cm³/mol. The molecule has 1 aliphatic heterocycles. The Hall–Kier alpha value is -1.41. The zero-order chi connectivity index (χ0) is 17.2. The first-order valence-corrected chi connectivity index (χ1v) is 9.65. The molecule has 0 N–H and O–H groups in total. The van der Waals surface area contributed by atoms with Crippen molar-refractivity contribution in [2.24, 2.45) is 0 Å². The summed E-state index contributed by atoms with van der Waals surface area (Å²) in [5.74, 6) is -0.0612. The van der Waals surface area contributed by atoms with Gasteiger partial charge in [-0.3, -0.25) is 0 Å². The molecule has 128 valence electrons. The van der Waals surface area contributed by atoms with Gasteiger partial charge in [0.15, 0.2) is 0 Å². The molecule has 2 aromatic rings. The Kier molecular flexibility index (Phi) is 5.24. The molecule has 1 aromatic heterocycles. The van der Waals surface area contributed by atoms with E-state index in [9.17, 15) is 8.42 Å². The summed E-state index contributed by atoms with van der Waals surface area (Å²) in [5.41, 5.74) is 0.699. The molecule has 2 heterocycles. The maximum Gasteiger partial charge on any atom is 0.316 e. The van der Waals surface area contributed by atoms with Crippen molar-refractivity contribution in [3.63, 3.8) is 0 Å². The first kappa shape index (κ1) is 17.4. The third kappa shape index (κ3) is 4.36. The molecule has 1 fully saturated rings. The average molecular weight is 388 g/mol. The van der Waals surface area contributed by atoms with E-state index in [0.29, 0.717) is 28.6 Å². The van der Waals surface area contributed by atoms with Crippen molar-refractivity contribution in [3.8, 4) is 6.01 Å². The lowest BCUT2D eigenvalue weighted by Gasteiger charge is -2.16. The van der Waals surface area contributed by atoms with Crippen molar-refractivity contribution in [2.75, 3.05) is 13.1 Å². The zero-order valence-electron chi connectivity index (χ0n) is 12.6. The van der Waals surface area contributed by atoms with Gasteiger partial charge in [0.25, 0.3) is 0 Å². The molecule has 6 nitrogen and oxygen atoms in total. The Labute approximate surface area is 150 Å². The van der Waals surface area contributed by atoms with Gasteiger partial charge in [-0.25, -0.2) is 18.4 Å². The SMILES string of the molecule is O=S(=O)(Cc1ccc(Cl)cc1)N1CCC(Oc2ncc(Cl)cn2)C1. The van der Waals surface area contributed by atoms with Crippen molar-refractivity contribution in [1.82, 2.24) is 14.3 Å². The van der Waals surface area contributed by atoms with Crippen LogP contribution in [0.5, 0.6) is 6.01 Å². The number of aromatic nitrogens is 2. The van der Waals surface area contributed by atoms with Crippen LogP contribution in [0.2, 0.25) is 10.0 Å². The summed E-state index contributed by atoms with van der Waals surface area (Å²) < 4.78 is 32.1. The topological polar surface area (TPSA) is 72.4 Å². The number of benzene rings is 1. The van der Waals surface area contributed by atoms with Crippen molar-refractivity contribution >= 4 is 33.2 Å². The van der Waals surface area contributed by atoms with Gasteiger partial charge in [0.05, 0.1) is 29.7 Å². The van der Waals surface area contributed by atoms with E-state index in [4.69, 9.17) is 27.9 Å². The summed E-state index contributed by atoms with van der Waals surface area (Å²) in [6, 6.07) is 6.98. The fourth-order valence-electron chi connectivity index (χ4n) is 2.44. The molecule has 0 radical (unpaired) electrons. The van der Waals surface area contributed by atoms with Crippen LogP contribution < -0.4 is 4.74 Å². The third-order valence-electron chi connectivity index (χ3n) is 3.63. The highest BCUT2D eigenvalue weighted by molar-refractivity contribution is 7.88. The summed E-state index contributed by atoms with van der Waals surface area (Å²) >= 11 is 11.5. The Bertz CT molecular complexity index is 798. The Balaban J connectivity index is 1.61. The lowest BCUT2D eigenvalue weighted by Crippen LogP contribution is -2.32. The minimum absolute atomic E-state index is 0.0612. The third-order valence-corrected chi connectivity index (χ3v) is 5.90. The van der Waals surface area contributed by atoms with E-state index in [1.807, 2.05) is 0 Å². The van der Waals surface area contributed by atoms with Crippen molar-refractivity contribution in [1.29, 1.82) is 0 Å². The van der Waals surface area contributed by atoms with Gasteiger partial charge in [0.2, 0.25) is 10.0 Å². The number of nitrogens with zero attached hydrogens (tertiary/aromatic N) is 3. The molecule has 1 saturated heterocycles. The number of halogens is 2. The van der Waals surface area contributed by atoms with E-state index in [1.165, 1.54) is 16.7 Å². The van der Waals surface area contributed by atoms with Gasteiger partial charge < -0.3 is 4.74 Å². The molecule has 1 aromatic carbocycles. The second kappa shape index (κ2) is 7.23. The van der Waals surface area contributed by atoms with E-state index in [2.05, 4.69) is 9.97 Å². The summed E-state index contributed by atoms with van der Waals surface area (Å²) in [5, 5.41) is 0.995. The number of hydrogen-bond acceptors (Lipinski definition) is 5. The van der Waals surface area contributed by atoms with Crippen LogP contribution in [0.25, 0.3) is 0 Å². The van der Waals surface area contributed by atoms with E-state index in [-0.39, 0.29) is 24.4 Å². The lowest BCUT2D eigenvalue weighted by atomic mass is 10.2. The molecular weight excluding hydrogens is 373 g/mol. The average Bonchev–Trinajstić information content (AvgIpc) is 3.01. The Morgan fingerprint density at radius 3 is 2.46 bits per heavy atom. The second-order valence-corrected chi connectivity index (χ2v) is 8.29. The van der Waals surface area contributed by atoms with E-state index in [0.717, 1.165) is 0 Å². The predicted octanol–water partition coefficient (Wildman–Crippen LogP) is 2.77. The summed E-state index contributed by atoms with van der Waals surface area (Å²) in [4.78, 5) is 7.92. The zero-order valence-corrected chi connectivity index (χ0v) is 14.9. The number of sulfonamides is 1. The van der Waals surface area contributed by atoms with Crippen LogP contribution in [0.4, 0.5) is 0 Å². The molecule has 24 heavy (non-hydrogen) atoms. The van der Waals surface area contributed by atoms with Gasteiger partial charge in [-0.05, 0) is 24.1 Å². The van der Waals surface area contributed by atoms with Gasteiger partial charge in [-0.1, -0.05) is 35.3 Å². The van der Waals surface area contributed by atoms with Crippen LogP contribution in [-0.4, -0.2) is 41.9 Å². The largest absolute Gasteiger partial charge is 0.459 e. The van der Waals surface area contributed by atoms with Crippen molar-refractivity contribution in [2.45, 2.75) is 18.3 Å². The van der Waals surface area contributed by atoms with Crippen LogP contribution in [0.15, 0.2) is 36.7 Å². The monoisotopic (exact) mass is 387 g/mol. The second-order valence-electron chi connectivity index (χ2n) is 5.45. The van der Waals surface area contributed by atoms with Gasteiger partial charge in [0.1, 0.15) is 6.10 Å². The maximum absolute atomic E-state index is 12.5. The van der Waals surface area contributed by atoms with Gasteiger partial charge in [-0.2, -0.15) is 4.31 Å². The normalized spacial score (nSPS) is 18.7. The molecule has 0 bridgehead atoms. The fraction of sp³-hybridized carbons (Fsp3) is 0.333. The quantitative estimate of drug-likeness (QED) is 0.788. The number of rotatable bonds is 5. The first-order chi connectivity index (χ1) is 11.4. The molecule has 3 rings (SSSR count). The molecule has 9 heteroatoms. The van der Waals surface area contributed by atoms with E-state index in [1.54, 1.807) is 24.3 Å². The molecule has 1 aliphatic rings. The van der Waals surface area contributed by atoms with Crippen LogP contribution in [0.3, 0.4) is 0 Å². The number of hydrogen-bond donors (Lipinski definition) is 0. The molecule has 0 saturated carbocycles. The van der Waals surface area contributed by atoms with Crippen LogP contribution in [0.1, 0.15) is 12.0 Å². The lowest BCUT2D eigenvalue weighted by molar-refractivity contribution is 0.197. The summed E-state index contributed by atoms with van der Waals surface area (Å²) in [7, 11) is -3.41. The minimum Gasteiger partial charge on any atom is -0.459 e. The molecule has 0 spiro atoms. The molecule has 0 amide bonds. The van der Waals surface area contributed by atoms with Gasteiger partial charge in [-0.15, -0.1) is 0 Å². The van der Waals surface area contributed by atoms with Crippen LogP contribution >= 0.6 is 23.2 Å². The van der Waals surface area contributed by atoms with E-state index >= 15 is 0 Å². The summed E-state index contributed by atoms with van der Waals surface area (Å²) in [6.07, 6.45) is 3.19. The fourth-order valence-corrected chi connectivity index (χ4v) is 4.24. The van der Waals surface area contributed by atoms with Gasteiger partial charge in [0, 0.05) is 11.6 Å². The summed E-state index contributed by atoms with van der Waals surface area (Å²) in [6.45, 7) is 0.691. The standard InChI is InChI=1S/C15H15Cl2N3O3S/c16-12-3-1-11(2-4-12)10-24(21,22)20-6-5-14(9-20)23-15-18-7-13(17)8-19-15/h1-4,7-8,14H,5-6,9-10H2. The Morgan fingerprint density at radius 2 is 1.79 bits per heavy atom. The highest BCUT2D eigenvalue weighted by Gasteiger charge is 2.33. The molecular formula is C15H15Cl2N3O3S. The van der Waals surface area contributed by atoms with Crippen molar-refractivity contribution < 1.29 is 13.2 Å². The molecule has 0 aliphatic carbocycles. The molecule has 1 atom stereocenters. The maximum atomic E-state index is 12.5. The first-order valence-electron chi connectivity index (χ1n) is 7.29. The number of ether oxygens (including phenoxy) is 1.